The fourth-order valence-electron chi connectivity index (χ4n) is 4.36. The van der Waals surface area contributed by atoms with Gasteiger partial charge in [0.25, 0.3) is 0 Å². The first-order valence-corrected chi connectivity index (χ1v) is 12.6. The first-order chi connectivity index (χ1) is 16.1. The quantitative estimate of drug-likeness (QED) is 0.480. The van der Waals surface area contributed by atoms with Crippen LogP contribution in [0.1, 0.15) is 50.6 Å². The molecule has 0 radical (unpaired) electrons. The van der Waals surface area contributed by atoms with Crippen LogP contribution in [-0.4, -0.2) is 35.2 Å². The van der Waals surface area contributed by atoms with Crippen molar-refractivity contribution in [1.82, 2.24) is 19.3 Å². The third kappa shape index (κ3) is 4.50. The van der Waals surface area contributed by atoms with Gasteiger partial charge in [-0.1, -0.05) is 31.4 Å². The molecule has 0 bridgehead atoms. The summed E-state index contributed by atoms with van der Waals surface area (Å²) in [4.78, 5) is 8.28. The molecule has 1 fully saturated rings. The molecule has 3 aromatic heterocycles. The van der Waals surface area contributed by atoms with Crippen molar-refractivity contribution < 1.29 is 21.6 Å². The highest BCUT2D eigenvalue weighted by atomic mass is 35.5. The number of nitrogens with one attached hydrogen (secondary N) is 1. The Morgan fingerprint density at radius 1 is 1.26 bits per heavy atom. The van der Waals surface area contributed by atoms with Crippen LogP contribution in [0.2, 0.25) is 5.02 Å². The fourth-order valence-corrected chi connectivity index (χ4v) is 5.77. The van der Waals surface area contributed by atoms with E-state index in [0.29, 0.717) is 33.0 Å². The molecule has 1 aliphatic rings. The molecule has 0 saturated heterocycles. The van der Waals surface area contributed by atoms with Crippen molar-refractivity contribution in [3.63, 3.8) is 0 Å². The summed E-state index contributed by atoms with van der Waals surface area (Å²) < 4.78 is 67.9. The Hall–Kier alpha value is -2.68. The molecule has 1 N–H and O–H groups in total. The summed E-state index contributed by atoms with van der Waals surface area (Å²) in [5.41, 5.74) is 1.69. The monoisotopic (exact) mass is 511 g/mol. The van der Waals surface area contributed by atoms with Crippen LogP contribution in [0.4, 0.5) is 13.2 Å². The lowest BCUT2D eigenvalue weighted by molar-refractivity contribution is -0.151. The van der Waals surface area contributed by atoms with Gasteiger partial charge in [-0.15, -0.1) is 0 Å². The van der Waals surface area contributed by atoms with E-state index < -0.39 is 33.6 Å². The van der Waals surface area contributed by atoms with Gasteiger partial charge in [-0.3, -0.25) is 4.98 Å². The zero-order valence-corrected chi connectivity index (χ0v) is 19.7. The molecule has 4 rings (SSSR count). The highest BCUT2D eigenvalue weighted by Crippen LogP contribution is 2.40. The summed E-state index contributed by atoms with van der Waals surface area (Å²) in [7, 11) is -4.46. The number of alkyl halides is 3. The number of hydrogen-bond acceptors (Lipinski definition) is 5. The van der Waals surface area contributed by atoms with E-state index in [1.807, 2.05) is 4.57 Å². The van der Waals surface area contributed by atoms with E-state index in [9.17, 15) is 26.9 Å². The van der Waals surface area contributed by atoms with Crippen molar-refractivity contribution in [1.29, 1.82) is 5.26 Å². The SMILES string of the molecule is CCC(NS(=O)(=O)c1ccc(-c2c(C#N)c3cc(Cl)cnc3n2C2CCCC2)nc1)C(F)(F)F. The summed E-state index contributed by atoms with van der Waals surface area (Å²) in [5, 5.41) is 10.9. The van der Waals surface area contributed by atoms with Gasteiger partial charge in [0.1, 0.15) is 22.7 Å². The fraction of sp³-hybridized carbons (Fsp3) is 0.409. The number of nitriles is 1. The maximum atomic E-state index is 13.1. The number of sulfonamides is 1. The largest absolute Gasteiger partial charge is 0.404 e. The third-order valence-electron chi connectivity index (χ3n) is 6.00. The van der Waals surface area contributed by atoms with Gasteiger partial charge in [-0.2, -0.15) is 23.2 Å². The molecule has 1 saturated carbocycles. The predicted molar refractivity (Wildman–Crippen MR) is 121 cm³/mol. The number of nitrogens with zero attached hydrogens (tertiary/aromatic N) is 4. The molecule has 1 atom stereocenters. The summed E-state index contributed by atoms with van der Waals surface area (Å²) in [6.07, 6.45) is 1.15. The molecule has 1 unspecified atom stereocenters. The summed E-state index contributed by atoms with van der Waals surface area (Å²) in [5.74, 6) is 0. The standard InChI is InChI=1S/C22H21ClF3N5O2S/c1-2-19(22(24,25)26)30-34(32,33)15-7-8-18(28-12-15)20-17(10-27)16-9-13(23)11-29-21(16)31(20)14-5-3-4-6-14/h7-9,11-12,14,19,30H,2-6H2,1H3. The van der Waals surface area contributed by atoms with Gasteiger partial charge in [0.15, 0.2) is 0 Å². The number of hydrogen-bond donors (Lipinski definition) is 1. The van der Waals surface area contributed by atoms with Crippen LogP contribution >= 0.6 is 11.6 Å². The van der Waals surface area contributed by atoms with Crippen LogP contribution in [-0.2, 0) is 10.0 Å². The first-order valence-electron chi connectivity index (χ1n) is 10.7. The van der Waals surface area contributed by atoms with Crippen LogP contribution in [0.5, 0.6) is 0 Å². The van der Waals surface area contributed by atoms with Crippen LogP contribution in [0, 0.1) is 11.3 Å². The van der Waals surface area contributed by atoms with Crippen LogP contribution in [0.25, 0.3) is 22.4 Å². The lowest BCUT2D eigenvalue weighted by atomic mass is 10.1. The average Bonchev–Trinajstić information content (AvgIpc) is 3.42. The molecule has 3 aromatic rings. The Balaban J connectivity index is 1.80. The predicted octanol–water partition coefficient (Wildman–Crippen LogP) is 5.36. The molecule has 0 aromatic carbocycles. The zero-order chi connectivity index (χ0) is 24.7. The van der Waals surface area contributed by atoms with E-state index in [1.54, 1.807) is 10.8 Å². The topological polar surface area (TPSA) is 101 Å². The van der Waals surface area contributed by atoms with Gasteiger partial charge in [0.2, 0.25) is 10.0 Å². The van der Waals surface area contributed by atoms with Crippen LogP contribution in [0.15, 0.2) is 35.5 Å². The van der Waals surface area contributed by atoms with Crippen molar-refractivity contribution in [2.45, 2.75) is 62.2 Å². The number of fused-ring (bicyclic) bond motifs is 1. The van der Waals surface area contributed by atoms with E-state index in [4.69, 9.17) is 11.6 Å². The van der Waals surface area contributed by atoms with Crippen LogP contribution < -0.4 is 4.72 Å². The molecular formula is C22H21ClF3N5O2S. The lowest BCUT2D eigenvalue weighted by Gasteiger charge is -2.20. The Labute approximate surface area is 199 Å². The normalized spacial score (nSPS) is 16.1. The molecule has 3 heterocycles. The number of rotatable bonds is 6. The second-order valence-corrected chi connectivity index (χ2v) is 10.3. The maximum Gasteiger partial charge on any atom is 0.404 e. The molecule has 0 aliphatic heterocycles. The van der Waals surface area contributed by atoms with Gasteiger partial charge in [-0.25, -0.2) is 13.4 Å². The zero-order valence-electron chi connectivity index (χ0n) is 18.1. The van der Waals surface area contributed by atoms with Gasteiger partial charge in [0.05, 0.1) is 22.0 Å². The number of aromatic nitrogens is 3. The third-order valence-corrected chi connectivity index (χ3v) is 7.66. The van der Waals surface area contributed by atoms with E-state index in [2.05, 4.69) is 16.0 Å². The van der Waals surface area contributed by atoms with Crippen LogP contribution in [0.3, 0.4) is 0 Å². The van der Waals surface area contributed by atoms with Crippen molar-refractivity contribution in [2.24, 2.45) is 0 Å². The molecular weight excluding hydrogens is 491 g/mol. The Morgan fingerprint density at radius 3 is 2.53 bits per heavy atom. The second kappa shape index (κ2) is 9.17. The molecule has 1 aliphatic carbocycles. The van der Waals surface area contributed by atoms with Gasteiger partial charge in [-0.05, 0) is 37.5 Å². The van der Waals surface area contributed by atoms with Gasteiger partial charge >= 0.3 is 6.18 Å². The highest BCUT2D eigenvalue weighted by molar-refractivity contribution is 7.89. The maximum absolute atomic E-state index is 13.1. The van der Waals surface area contributed by atoms with E-state index in [-0.39, 0.29) is 6.04 Å². The summed E-state index contributed by atoms with van der Waals surface area (Å²) in [6.45, 7) is 1.24. The molecule has 34 heavy (non-hydrogen) atoms. The van der Waals surface area contributed by atoms with Gasteiger partial charge in [0, 0.05) is 23.8 Å². The van der Waals surface area contributed by atoms with Crippen molar-refractivity contribution in [3.05, 3.63) is 41.2 Å². The molecule has 0 amide bonds. The van der Waals surface area contributed by atoms with E-state index in [0.717, 1.165) is 31.9 Å². The Bertz CT molecular complexity index is 1360. The number of halogens is 4. The smallest absolute Gasteiger partial charge is 0.320 e. The van der Waals surface area contributed by atoms with Crippen molar-refractivity contribution >= 4 is 32.7 Å². The van der Waals surface area contributed by atoms with Crippen molar-refractivity contribution in [3.8, 4) is 17.5 Å². The molecule has 0 spiro atoms. The Morgan fingerprint density at radius 2 is 1.97 bits per heavy atom. The molecule has 7 nitrogen and oxygen atoms in total. The van der Waals surface area contributed by atoms with Crippen molar-refractivity contribution in [2.75, 3.05) is 0 Å². The minimum atomic E-state index is -4.71. The average molecular weight is 512 g/mol. The minimum absolute atomic E-state index is 0.0808. The van der Waals surface area contributed by atoms with Gasteiger partial charge < -0.3 is 4.57 Å². The first kappa shape index (κ1) is 24.4. The molecule has 12 heteroatoms. The summed E-state index contributed by atoms with van der Waals surface area (Å²) in [6, 6.07) is 4.30. The second-order valence-electron chi connectivity index (χ2n) is 8.17. The lowest BCUT2D eigenvalue weighted by Crippen LogP contribution is -2.44. The summed E-state index contributed by atoms with van der Waals surface area (Å²) >= 11 is 6.12. The number of pyridine rings is 2. The molecule has 180 valence electrons. The Kier molecular flexibility index (Phi) is 6.59. The minimum Gasteiger partial charge on any atom is -0.320 e. The van der Waals surface area contributed by atoms with E-state index >= 15 is 0 Å². The van der Waals surface area contributed by atoms with E-state index in [1.165, 1.54) is 25.3 Å². The highest BCUT2D eigenvalue weighted by Gasteiger charge is 2.41.